The SMILES string of the molecule is N#Cc1cccc(Oc2ccc(C(=O)N3CCC(c4ccc(C(=O)NC(=N)N)cc4C(F)(F)F)CC3)cn2)c1. The van der Waals surface area contributed by atoms with Crippen LogP contribution >= 0.6 is 0 Å². The monoisotopic (exact) mass is 536 g/mol. The highest BCUT2D eigenvalue weighted by Crippen LogP contribution is 2.39. The number of benzene rings is 2. The molecular weight excluding hydrogens is 513 g/mol. The number of ether oxygens (including phenoxy) is 1. The van der Waals surface area contributed by atoms with E-state index in [1.54, 1.807) is 35.2 Å². The fraction of sp³-hybridized carbons (Fsp3) is 0.222. The number of nitrogens with two attached hydrogens (primary N) is 1. The van der Waals surface area contributed by atoms with Gasteiger partial charge in [0.2, 0.25) is 5.88 Å². The van der Waals surface area contributed by atoms with E-state index in [-0.39, 0.29) is 36.0 Å². The Morgan fingerprint density at radius 3 is 2.44 bits per heavy atom. The molecule has 3 aromatic rings. The summed E-state index contributed by atoms with van der Waals surface area (Å²) in [4.78, 5) is 30.7. The lowest BCUT2D eigenvalue weighted by atomic mass is 9.85. The van der Waals surface area contributed by atoms with Crippen LogP contribution < -0.4 is 15.8 Å². The van der Waals surface area contributed by atoms with Gasteiger partial charge in [-0.25, -0.2) is 4.98 Å². The van der Waals surface area contributed by atoms with Gasteiger partial charge in [-0.2, -0.15) is 18.4 Å². The van der Waals surface area contributed by atoms with E-state index in [1.165, 1.54) is 24.4 Å². The maximum absolute atomic E-state index is 13.8. The first-order chi connectivity index (χ1) is 18.5. The molecule has 1 aliphatic rings. The van der Waals surface area contributed by atoms with E-state index < -0.39 is 29.5 Å². The fourth-order valence-electron chi connectivity index (χ4n) is 4.39. The van der Waals surface area contributed by atoms with Crippen molar-refractivity contribution in [3.05, 3.63) is 88.6 Å². The first kappa shape index (κ1) is 27.1. The largest absolute Gasteiger partial charge is 0.439 e. The van der Waals surface area contributed by atoms with Crippen LogP contribution in [-0.2, 0) is 6.18 Å². The topological polar surface area (TPSA) is 145 Å². The Morgan fingerprint density at radius 2 is 1.82 bits per heavy atom. The maximum Gasteiger partial charge on any atom is 0.416 e. The number of nitrogens with zero attached hydrogens (tertiary/aromatic N) is 3. The van der Waals surface area contributed by atoms with Gasteiger partial charge in [0, 0.05) is 30.9 Å². The van der Waals surface area contributed by atoms with Gasteiger partial charge in [-0.15, -0.1) is 0 Å². The molecule has 12 heteroatoms. The molecule has 0 saturated carbocycles. The lowest BCUT2D eigenvalue weighted by molar-refractivity contribution is -0.138. The molecular formula is C27H23F3N6O3. The lowest BCUT2D eigenvalue weighted by Crippen LogP contribution is -2.38. The molecule has 4 rings (SSSR count). The van der Waals surface area contributed by atoms with Crippen molar-refractivity contribution in [2.75, 3.05) is 13.1 Å². The third kappa shape index (κ3) is 6.51. The van der Waals surface area contributed by atoms with Gasteiger partial charge in [0.05, 0.1) is 22.8 Å². The standard InChI is InChI=1S/C27H23F3N6O3/c28-27(29,30)22-13-18(24(37)35-26(32)33)4-6-21(22)17-8-10-36(11-9-17)25(38)19-5-7-23(34-15-19)39-20-3-1-2-16(12-20)14-31/h1-7,12-13,15,17H,8-11H2,(H4,32,33,35,37). The van der Waals surface area contributed by atoms with Crippen LogP contribution in [0.2, 0.25) is 0 Å². The fourth-order valence-corrected chi connectivity index (χ4v) is 4.39. The summed E-state index contributed by atoms with van der Waals surface area (Å²) < 4.78 is 47.2. The highest BCUT2D eigenvalue weighted by Gasteiger charge is 2.37. The first-order valence-corrected chi connectivity index (χ1v) is 11.8. The number of hydrogen-bond donors (Lipinski definition) is 3. The quantitative estimate of drug-likeness (QED) is 0.325. The summed E-state index contributed by atoms with van der Waals surface area (Å²) in [7, 11) is 0. The summed E-state index contributed by atoms with van der Waals surface area (Å²) in [6.45, 7) is 0.485. The van der Waals surface area contributed by atoms with Crippen LogP contribution in [0.1, 0.15) is 56.2 Å². The van der Waals surface area contributed by atoms with Crippen LogP contribution in [0, 0.1) is 16.7 Å². The minimum Gasteiger partial charge on any atom is -0.439 e. The summed E-state index contributed by atoms with van der Waals surface area (Å²) in [6.07, 6.45) is -2.72. The Balaban J connectivity index is 1.42. The molecule has 200 valence electrons. The Kier molecular flexibility index (Phi) is 7.80. The molecule has 0 unspecified atom stereocenters. The average molecular weight is 537 g/mol. The molecule has 2 amide bonds. The number of carbonyl (C=O) groups excluding carboxylic acids is 2. The summed E-state index contributed by atoms with van der Waals surface area (Å²) in [5.41, 5.74) is 4.71. The second-order valence-corrected chi connectivity index (χ2v) is 8.86. The molecule has 0 bridgehead atoms. The molecule has 0 radical (unpaired) electrons. The van der Waals surface area contributed by atoms with E-state index in [4.69, 9.17) is 21.1 Å². The van der Waals surface area contributed by atoms with E-state index in [2.05, 4.69) is 4.98 Å². The van der Waals surface area contributed by atoms with E-state index >= 15 is 0 Å². The molecule has 2 heterocycles. The predicted octanol–water partition coefficient (Wildman–Crippen LogP) is 4.41. The molecule has 39 heavy (non-hydrogen) atoms. The number of piperidine rings is 1. The van der Waals surface area contributed by atoms with Crippen molar-refractivity contribution in [2.45, 2.75) is 24.9 Å². The van der Waals surface area contributed by atoms with Crippen molar-refractivity contribution in [1.82, 2.24) is 15.2 Å². The van der Waals surface area contributed by atoms with Crippen molar-refractivity contribution in [1.29, 1.82) is 10.7 Å². The van der Waals surface area contributed by atoms with Crippen molar-refractivity contribution < 1.29 is 27.5 Å². The number of guanidine groups is 1. The Hall–Kier alpha value is -4.92. The smallest absolute Gasteiger partial charge is 0.416 e. The minimum atomic E-state index is -4.69. The minimum absolute atomic E-state index is 0.0533. The van der Waals surface area contributed by atoms with Crippen LogP contribution in [0.5, 0.6) is 11.6 Å². The molecule has 4 N–H and O–H groups in total. The van der Waals surface area contributed by atoms with Crippen molar-refractivity contribution in [3.8, 4) is 17.7 Å². The predicted molar refractivity (Wildman–Crippen MR) is 134 cm³/mol. The van der Waals surface area contributed by atoms with Gasteiger partial charge < -0.3 is 15.4 Å². The zero-order valence-electron chi connectivity index (χ0n) is 20.5. The lowest BCUT2D eigenvalue weighted by Gasteiger charge is -2.33. The number of likely N-dealkylation sites (tertiary alicyclic amines) is 1. The van der Waals surface area contributed by atoms with Gasteiger partial charge in [0.15, 0.2) is 5.96 Å². The van der Waals surface area contributed by atoms with Crippen LogP contribution in [-0.4, -0.2) is 40.7 Å². The summed E-state index contributed by atoms with van der Waals surface area (Å²) in [5.74, 6) is -1.67. The number of halogens is 3. The molecule has 9 nitrogen and oxygen atoms in total. The Bertz CT molecular complexity index is 1440. The summed E-state index contributed by atoms with van der Waals surface area (Å²) in [5, 5.41) is 18.1. The number of nitrogens with one attached hydrogen (secondary N) is 2. The number of nitriles is 1. The number of aromatic nitrogens is 1. The van der Waals surface area contributed by atoms with Gasteiger partial charge in [-0.05, 0) is 60.7 Å². The third-order valence-corrected chi connectivity index (χ3v) is 6.26. The van der Waals surface area contributed by atoms with Crippen molar-refractivity contribution in [3.63, 3.8) is 0 Å². The van der Waals surface area contributed by atoms with E-state index in [1.807, 2.05) is 11.4 Å². The second kappa shape index (κ2) is 11.2. The zero-order valence-corrected chi connectivity index (χ0v) is 20.5. The highest BCUT2D eigenvalue weighted by molar-refractivity contribution is 6.04. The third-order valence-electron chi connectivity index (χ3n) is 6.26. The van der Waals surface area contributed by atoms with Crippen LogP contribution in [0.25, 0.3) is 0 Å². The average Bonchev–Trinajstić information content (AvgIpc) is 2.92. The van der Waals surface area contributed by atoms with Gasteiger partial charge in [-0.3, -0.25) is 20.3 Å². The van der Waals surface area contributed by atoms with Crippen LogP contribution in [0.15, 0.2) is 60.8 Å². The highest BCUT2D eigenvalue weighted by atomic mass is 19.4. The second-order valence-electron chi connectivity index (χ2n) is 8.86. The number of hydrogen-bond acceptors (Lipinski definition) is 6. The van der Waals surface area contributed by atoms with Gasteiger partial charge in [0.25, 0.3) is 11.8 Å². The van der Waals surface area contributed by atoms with Crippen LogP contribution in [0.4, 0.5) is 13.2 Å². The van der Waals surface area contributed by atoms with E-state index in [0.29, 0.717) is 29.7 Å². The number of rotatable bonds is 5. The number of amides is 2. The Labute approximate surface area is 221 Å². The molecule has 0 aliphatic carbocycles. The van der Waals surface area contributed by atoms with Gasteiger partial charge in [-0.1, -0.05) is 12.1 Å². The number of pyridine rings is 1. The number of alkyl halides is 3. The van der Waals surface area contributed by atoms with Crippen molar-refractivity contribution >= 4 is 17.8 Å². The summed E-state index contributed by atoms with van der Waals surface area (Å²) in [6, 6.07) is 14.9. The summed E-state index contributed by atoms with van der Waals surface area (Å²) >= 11 is 0. The number of carbonyl (C=O) groups is 2. The molecule has 1 saturated heterocycles. The Morgan fingerprint density at radius 1 is 1.10 bits per heavy atom. The molecule has 1 aliphatic heterocycles. The van der Waals surface area contributed by atoms with E-state index in [9.17, 15) is 22.8 Å². The first-order valence-electron chi connectivity index (χ1n) is 11.8. The molecule has 1 fully saturated rings. The van der Waals surface area contributed by atoms with Gasteiger partial charge in [0.1, 0.15) is 5.75 Å². The maximum atomic E-state index is 13.8. The molecule has 2 aromatic carbocycles. The normalized spacial score (nSPS) is 13.8. The van der Waals surface area contributed by atoms with E-state index in [0.717, 1.165) is 6.07 Å². The molecule has 1 aromatic heterocycles. The molecule has 0 atom stereocenters. The molecule has 0 spiro atoms. The zero-order chi connectivity index (χ0) is 28.2. The van der Waals surface area contributed by atoms with Crippen molar-refractivity contribution in [2.24, 2.45) is 5.73 Å². The van der Waals surface area contributed by atoms with Gasteiger partial charge >= 0.3 is 6.18 Å². The van der Waals surface area contributed by atoms with Crippen LogP contribution in [0.3, 0.4) is 0 Å².